The molecule has 1 N–H and O–H groups in total. The standard InChI is InChI=1S/C30H37N2O5/c1-6-20-18-32(17-19-13-27(35-3)30(37-5)28(14-19)36-4)12-10-21(20)15-26(32)29(33)23-9-11-31-25-8-7-22(34-2)16-24(23)25/h6-9,11,13-14,16,20-21,26,29,33H,1,10,12,15,17-18H2,2-5H3/q+1/t20?,21?,26-,29?,32?/m0/s1. The number of ether oxygens (including phenoxy) is 4. The van der Waals surface area contributed by atoms with E-state index in [0.717, 1.165) is 64.7 Å². The first kappa shape index (κ1) is 25.4. The number of piperidine rings is 3. The molecule has 37 heavy (non-hydrogen) atoms. The number of pyridine rings is 1. The molecule has 0 spiro atoms. The topological polar surface area (TPSA) is 70.0 Å². The van der Waals surface area contributed by atoms with Gasteiger partial charge >= 0.3 is 0 Å². The van der Waals surface area contributed by atoms with Crippen molar-refractivity contribution in [2.75, 3.05) is 41.5 Å². The first-order valence-corrected chi connectivity index (χ1v) is 12.8. The van der Waals surface area contributed by atoms with Gasteiger partial charge in [0, 0.05) is 35.9 Å². The van der Waals surface area contributed by atoms with Gasteiger partial charge in [0.15, 0.2) is 11.5 Å². The van der Waals surface area contributed by atoms with Gasteiger partial charge in [-0.05, 0) is 47.9 Å². The molecule has 196 valence electrons. The summed E-state index contributed by atoms with van der Waals surface area (Å²) in [6, 6.07) is 11.9. The van der Waals surface area contributed by atoms with Gasteiger partial charge in [-0.2, -0.15) is 0 Å². The molecule has 7 heteroatoms. The maximum absolute atomic E-state index is 12.0. The number of hydrogen-bond acceptors (Lipinski definition) is 6. The molecule has 0 radical (unpaired) electrons. The zero-order valence-electron chi connectivity index (χ0n) is 22.1. The summed E-state index contributed by atoms with van der Waals surface area (Å²) in [4.78, 5) is 4.53. The van der Waals surface area contributed by atoms with Crippen molar-refractivity contribution < 1.29 is 28.5 Å². The highest BCUT2D eigenvalue weighted by atomic mass is 16.5. The molecule has 4 heterocycles. The summed E-state index contributed by atoms with van der Waals surface area (Å²) in [6.07, 6.45) is 5.32. The van der Waals surface area contributed by atoms with Crippen molar-refractivity contribution in [2.24, 2.45) is 11.8 Å². The molecule has 3 fully saturated rings. The molecule has 1 aromatic heterocycles. The van der Waals surface area contributed by atoms with E-state index in [1.54, 1.807) is 34.6 Å². The number of quaternary nitrogens is 1. The minimum absolute atomic E-state index is 0.0332. The maximum atomic E-state index is 12.0. The Balaban J connectivity index is 1.57. The van der Waals surface area contributed by atoms with Gasteiger partial charge in [0.2, 0.25) is 5.75 Å². The van der Waals surface area contributed by atoms with Crippen LogP contribution >= 0.6 is 0 Å². The van der Waals surface area contributed by atoms with Gasteiger partial charge in [0.05, 0.1) is 47.0 Å². The zero-order valence-corrected chi connectivity index (χ0v) is 22.1. The second-order valence-corrected chi connectivity index (χ2v) is 10.3. The van der Waals surface area contributed by atoms with Crippen LogP contribution in [0.25, 0.3) is 10.9 Å². The number of aromatic nitrogens is 1. The predicted molar refractivity (Wildman–Crippen MR) is 143 cm³/mol. The average Bonchev–Trinajstić information content (AvgIpc) is 2.95. The summed E-state index contributed by atoms with van der Waals surface area (Å²) < 4.78 is 23.1. The highest BCUT2D eigenvalue weighted by Gasteiger charge is 2.54. The SMILES string of the molecule is C=CC1C[N+]2(Cc3cc(OC)c(OC)c(OC)c3)CCC1C[C@H]2C(O)c1ccnc2ccc(OC)cc12. The van der Waals surface area contributed by atoms with Gasteiger partial charge in [-0.3, -0.25) is 4.98 Å². The second-order valence-electron chi connectivity index (χ2n) is 10.3. The molecule has 0 aliphatic carbocycles. The molecule has 2 bridgehead atoms. The largest absolute Gasteiger partial charge is 0.497 e. The summed E-state index contributed by atoms with van der Waals surface area (Å²) in [7, 11) is 6.56. The summed E-state index contributed by atoms with van der Waals surface area (Å²) in [5, 5.41) is 13.0. The van der Waals surface area contributed by atoms with Crippen LogP contribution in [0.2, 0.25) is 0 Å². The first-order chi connectivity index (χ1) is 18.0. The van der Waals surface area contributed by atoms with Crippen LogP contribution in [0.1, 0.15) is 30.1 Å². The third kappa shape index (κ3) is 4.40. The Morgan fingerprint density at radius 3 is 2.46 bits per heavy atom. The summed E-state index contributed by atoms with van der Waals surface area (Å²) in [6.45, 7) is 6.85. The van der Waals surface area contributed by atoms with E-state index in [9.17, 15) is 5.11 Å². The van der Waals surface area contributed by atoms with Gasteiger partial charge in [0.25, 0.3) is 0 Å². The summed E-state index contributed by atoms with van der Waals surface area (Å²) >= 11 is 0. The molecule has 3 aliphatic rings. The molecular formula is C30H37N2O5+. The van der Waals surface area contributed by atoms with E-state index >= 15 is 0 Å². The lowest BCUT2D eigenvalue weighted by atomic mass is 9.71. The summed E-state index contributed by atoms with van der Waals surface area (Å²) in [5.41, 5.74) is 2.85. The summed E-state index contributed by atoms with van der Waals surface area (Å²) in [5.74, 6) is 3.59. The monoisotopic (exact) mass is 505 g/mol. The smallest absolute Gasteiger partial charge is 0.203 e. The van der Waals surface area contributed by atoms with Crippen molar-refractivity contribution in [1.82, 2.24) is 4.98 Å². The molecule has 3 aliphatic heterocycles. The van der Waals surface area contributed by atoms with Crippen molar-refractivity contribution in [2.45, 2.75) is 31.5 Å². The van der Waals surface area contributed by atoms with Crippen LogP contribution in [0.3, 0.4) is 0 Å². The number of aliphatic hydroxyl groups is 1. The molecule has 7 nitrogen and oxygen atoms in total. The van der Waals surface area contributed by atoms with Crippen LogP contribution in [0.5, 0.6) is 23.0 Å². The Morgan fingerprint density at radius 1 is 1.05 bits per heavy atom. The van der Waals surface area contributed by atoms with E-state index in [1.807, 2.05) is 36.4 Å². The lowest BCUT2D eigenvalue weighted by Crippen LogP contribution is -2.67. The van der Waals surface area contributed by atoms with E-state index in [-0.39, 0.29) is 6.04 Å². The third-order valence-electron chi connectivity index (χ3n) is 8.56. The first-order valence-electron chi connectivity index (χ1n) is 12.8. The van der Waals surface area contributed by atoms with Crippen molar-refractivity contribution in [3.05, 3.63) is 66.4 Å². The van der Waals surface area contributed by atoms with E-state index in [4.69, 9.17) is 18.9 Å². The van der Waals surface area contributed by atoms with Gasteiger partial charge in [0.1, 0.15) is 24.4 Å². The highest BCUT2D eigenvalue weighted by molar-refractivity contribution is 5.83. The van der Waals surface area contributed by atoms with Crippen LogP contribution in [0.4, 0.5) is 0 Å². The molecule has 3 saturated heterocycles. The van der Waals surface area contributed by atoms with E-state index in [1.165, 1.54) is 0 Å². The molecule has 2 aromatic carbocycles. The Bertz CT molecular complexity index is 1270. The van der Waals surface area contributed by atoms with Crippen molar-refractivity contribution in [3.63, 3.8) is 0 Å². The Hall–Kier alpha value is -3.29. The van der Waals surface area contributed by atoms with Crippen LogP contribution < -0.4 is 18.9 Å². The normalized spacial score (nSPS) is 25.5. The Morgan fingerprint density at radius 2 is 1.81 bits per heavy atom. The van der Waals surface area contributed by atoms with Crippen LogP contribution in [-0.2, 0) is 6.54 Å². The van der Waals surface area contributed by atoms with Crippen molar-refractivity contribution >= 4 is 10.9 Å². The Labute approximate surface area is 218 Å². The number of fused-ring (bicyclic) bond motifs is 4. The lowest BCUT2D eigenvalue weighted by molar-refractivity contribution is -0.984. The second kappa shape index (κ2) is 10.2. The van der Waals surface area contributed by atoms with Gasteiger partial charge in [-0.1, -0.05) is 6.08 Å². The maximum Gasteiger partial charge on any atom is 0.203 e. The molecule has 5 atom stereocenters. The van der Waals surface area contributed by atoms with Crippen molar-refractivity contribution in [1.29, 1.82) is 0 Å². The van der Waals surface area contributed by atoms with Gasteiger partial charge in [-0.25, -0.2) is 0 Å². The Kier molecular flexibility index (Phi) is 7.01. The van der Waals surface area contributed by atoms with Crippen molar-refractivity contribution in [3.8, 4) is 23.0 Å². The number of methoxy groups -OCH3 is 4. The number of benzene rings is 2. The minimum Gasteiger partial charge on any atom is -0.497 e. The lowest BCUT2D eigenvalue weighted by Gasteiger charge is -2.58. The van der Waals surface area contributed by atoms with E-state index in [2.05, 4.69) is 17.6 Å². The third-order valence-corrected chi connectivity index (χ3v) is 8.56. The van der Waals surface area contributed by atoms with Crippen LogP contribution in [-0.4, -0.2) is 62.1 Å². The molecule has 0 amide bonds. The number of nitrogens with zero attached hydrogens (tertiary/aromatic N) is 2. The minimum atomic E-state index is -0.645. The van der Waals surface area contributed by atoms with E-state index in [0.29, 0.717) is 29.1 Å². The number of hydrogen-bond donors (Lipinski definition) is 1. The van der Waals surface area contributed by atoms with Crippen LogP contribution in [0.15, 0.2) is 55.3 Å². The number of aliphatic hydroxyl groups excluding tert-OH is 1. The quantitative estimate of drug-likeness (QED) is 0.329. The van der Waals surface area contributed by atoms with Gasteiger partial charge in [-0.15, -0.1) is 6.58 Å². The fraction of sp³-hybridized carbons (Fsp3) is 0.433. The highest BCUT2D eigenvalue weighted by Crippen LogP contribution is 2.49. The molecule has 3 aromatic rings. The van der Waals surface area contributed by atoms with Gasteiger partial charge < -0.3 is 28.5 Å². The van der Waals surface area contributed by atoms with E-state index < -0.39 is 6.10 Å². The zero-order chi connectivity index (χ0) is 26.2. The fourth-order valence-corrected chi connectivity index (χ4v) is 6.71. The average molecular weight is 506 g/mol. The predicted octanol–water partition coefficient (Wildman–Crippen LogP) is 4.91. The number of rotatable bonds is 9. The fourth-order valence-electron chi connectivity index (χ4n) is 6.71. The molecule has 6 rings (SSSR count). The van der Waals surface area contributed by atoms with Crippen LogP contribution in [0, 0.1) is 11.8 Å². The molecule has 0 saturated carbocycles. The molecular weight excluding hydrogens is 468 g/mol. The molecule has 4 unspecified atom stereocenters.